The van der Waals surface area contributed by atoms with Crippen LogP contribution in [0.25, 0.3) is 0 Å². The van der Waals surface area contributed by atoms with Crippen LogP contribution in [0.5, 0.6) is 0 Å². The van der Waals surface area contributed by atoms with Crippen molar-refractivity contribution in [2.75, 3.05) is 0 Å². The highest BCUT2D eigenvalue weighted by Crippen LogP contribution is 1.96. The second-order valence-electron chi connectivity index (χ2n) is 3.47. The van der Waals surface area contributed by atoms with E-state index in [1.54, 1.807) is 6.92 Å². The highest BCUT2D eigenvalue weighted by molar-refractivity contribution is 5.81. The van der Waals surface area contributed by atoms with Crippen molar-refractivity contribution in [3.63, 3.8) is 0 Å². The van der Waals surface area contributed by atoms with Gasteiger partial charge in [0.1, 0.15) is 0 Å². The second kappa shape index (κ2) is 6.66. The number of hydrogen-bond acceptors (Lipinski definition) is 2. The largest absolute Gasteiger partial charge is 0.354 e. The maximum absolute atomic E-state index is 11.3. The summed E-state index contributed by atoms with van der Waals surface area (Å²) >= 11 is 0. The van der Waals surface area contributed by atoms with Crippen molar-refractivity contribution in [2.24, 2.45) is 0 Å². The minimum absolute atomic E-state index is 0.158. The summed E-state index contributed by atoms with van der Waals surface area (Å²) in [5, 5.41) is 0. The Bertz CT molecular complexity index is 333. The highest BCUT2D eigenvalue weighted by atomic mass is 16.2. The molecule has 0 spiro atoms. The molecule has 0 saturated heterocycles. The van der Waals surface area contributed by atoms with Crippen LogP contribution in [0.4, 0.5) is 0 Å². The van der Waals surface area contributed by atoms with Crippen LogP contribution in [0.15, 0.2) is 24.5 Å². The third-order valence-electron chi connectivity index (χ3n) is 2.15. The highest BCUT2D eigenvalue weighted by Gasteiger charge is 2.02. The molecule has 1 rings (SSSR count). The summed E-state index contributed by atoms with van der Waals surface area (Å²) in [5.41, 5.74) is 4.70. The predicted octanol–water partition coefficient (Wildman–Crippen LogP) is 0.826. The van der Waals surface area contributed by atoms with Gasteiger partial charge in [-0.05, 0) is 18.6 Å². The lowest BCUT2D eigenvalue weighted by Gasteiger charge is -2.06. The maximum Gasteiger partial charge on any atom is 0.238 e. The average Bonchev–Trinajstić information content (AvgIpc) is 2.79. The number of aromatic nitrogens is 1. The Hall–Kier alpha value is -1.78. The number of hydrogen-bond donors (Lipinski definition) is 2. The van der Waals surface area contributed by atoms with Crippen molar-refractivity contribution in [3.8, 4) is 0 Å². The fraction of sp³-hybridized carbons (Fsp3) is 0.455. The van der Waals surface area contributed by atoms with Crippen LogP contribution in [-0.2, 0) is 16.1 Å². The fourth-order valence-electron chi connectivity index (χ4n) is 1.23. The van der Waals surface area contributed by atoms with Crippen LogP contribution in [0.1, 0.15) is 26.2 Å². The van der Waals surface area contributed by atoms with E-state index in [0.717, 1.165) is 13.0 Å². The van der Waals surface area contributed by atoms with Crippen molar-refractivity contribution < 1.29 is 9.59 Å². The molecule has 0 saturated carbocycles. The number of amides is 2. The van der Waals surface area contributed by atoms with Crippen LogP contribution in [0.2, 0.25) is 0 Å². The molecule has 88 valence electrons. The third kappa shape index (κ3) is 4.63. The average molecular weight is 223 g/mol. The minimum atomic E-state index is -0.182. The summed E-state index contributed by atoms with van der Waals surface area (Å²) in [6.45, 7) is 2.54. The molecule has 0 aliphatic carbocycles. The van der Waals surface area contributed by atoms with Gasteiger partial charge in [0.15, 0.2) is 0 Å². The topological polar surface area (TPSA) is 63.1 Å². The van der Waals surface area contributed by atoms with E-state index in [1.165, 1.54) is 0 Å². The Labute approximate surface area is 94.8 Å². The standard InChI is InChI=1S/C11H17N3O2/c1-2-10(15)12-13-11(16)6-5-9-14-7-3-4-8-14/h3-4,7-8H,2,5-6,9H2,1H3,(H,12,15)(H,13,16). The number of nitrogens with one attached hydrogen (secondary N) is 2. The Kier molecular flexibility index (Phi) is 5.11. The molecule has 0 unspecified atom stereocenters. The minimum Gasteiger partial charge on any atom is -0.354 e. The van der Waals surface area contributed by atoms with Crippen molar-refractivity contribution in [1.82, 2.24) is 15.4 Å². The molecule has 0 radical (unpaired) electrons. The molecule has 1 aromatic heterocycles. The third-order valence-corrected chi connectivity index (χ3v) is 2.15. The SMILES string of the molecule is CCC(=O)NNC(=O)CCCn1cccc1. The van der Waals surface area contributed by atoms with Crippen LogP contribution < -0.4 is 10.9 Å². The van der Waals surface area contributed by atoms with Gasteiger partial charge in [-0.25, -0.2) is 0 Å². The molecule has 0 aliphatic heterocycles. The zero-order valence-corrected chi connectivity index (χ0v) is 9.40. The lowest BCUT2D eigenvalue weighted by molar-refractivity contribution is -0.128. The van der Waals surface area contributed by atoms with Gasteiger partial charge < -0.3 is 4.57 Å². The lowest BCUT2D eigenvalue weighted by Crippen LogP contribution is -2.41. The molecule has 0 fully saturated rings. The number of aryl methyl sites for hydroxylation is 1. The van der Waals surface area contributed by atoms with E-state index in [-0.39, 0.29) is 11.8 Å². The summed E-state index contributed by atoms with van der Waals surface area (Å²) in [6.07, 6.45) is 5.43. The first-order chi connectivity index (χ1) is 7.72. The van der Waals surface area contributed by atoms with Crippen LogP contribution in [0, 0.1) is 0 Å². The molecule has 5 nitrogen and oxygen atoms in total. The molecule has 0 aromatic carbocycles. The molecule has 2 amide bonds. The van der Waals surface area contributed by atoms with E-state index in [4.69, 9.17) is 0 Å². The zero-order chi connectivity index (χ0) is 11.8. The molecule has 16 heavy (non-hydrogen) atoms. The number of rotatable bonds is 5. The number of carbonyl (C=O) groups excluding carboxylic acids is 2. The molecule has 0 bridgehead atoms. The summed E-state index contributed by atoms with van der Waals surface area (Å²) < 4.78 is 2.01. The van der Waals surface area contributed by atoms with Gasteiger partial charge in [-0.15, -0.1) is 0 Å². The number of carbonyl (C=O) groups is 2. The van der Waals surface area contributed by atoms with Crippen molar-refractivity contribution in [2.45, 2.75) is 32.7 Å². The zero-order valence-electron chi connectivity index (χ0n) is 9.40. The van der Waals surface area contributed by atoms with Crippen LogP contribution in [0.3, 0.4) is 0 Å². The Morgan fingerprint density at radius 2 is 1.75 bits per heavy atom. The molecular formula is C11H17N3O2. The molecule has 1 aromatic rings. The molecule has 0 aliphatic rings. The smallest absolute Gasteiger partial charge is 0.238 e. The molecule has 2 N–H and O–H groups in total. The van der Waals surface area contributed by atoms with E-state index in [0.29, 0.717) is 12.8 Å². The van der Waals surface area contributed by atoms with Gasteiger partial charge in [-0.2, -0.15) is 0 Å². The maximum atomic E-state index is 11.3. The van der Waals surface area contributed by atoms with Gasteiger partial charge >= 0.3 is 0 Å². The van der Waals surface area contributed by atoms with Gasteiger partial charge in [0.05, 0.1) is 0 Å². The quantitative estimate of drug-likeness (QED) is 0.726. The second-order valence-corrected chi connectivity index (χ2v) is 3.47. The Morgan fingerprint density at radius 1 is 1.12 bits per heavy atom. The first-order valence-electron chi connectivity index (χ1n) is 5.41. The monoisotopic (exact) mass is 223 g/mol. The normalized spacial score (nSPS) is 9.81. The fourth-order valence-corrected chi connectivity index (χ4v) is 1.23. The van der Waals surface area contributed by atoms with E-state index in [2.05, 4.69) is 10.9 Å². The lowest BCUT2D eigenvalue weighted by atomic mass is 10.3. The number of nitrogens with zero attached hydrogens (tertiary/aromatic N) is 1. The van der Waals surface area contributed by atoms with Crippen LogP contribution in [-0.4, -0.2) is 16.4 Å². The van der Waals surface area contributed by atoms with Gasteiger partial charge in [-0.1, -0.05) is 6.92 Å². The van der Waals surface area contributed by atoms with Crippen molar-refractivity contribution in [3.05, 3.63) is 24.5 Å². The van der Waals surface area contributed by atoms with Crippen molar-refractivity contribution >= 4 is 11.8 Å². The molecule has 5 heteroatoms. The number of hydrazine groups is 1. The Morgan fingerprint density at radius 3 is 2.38 bits per heavy atom. The van der Waals surface area contributed by atoms with Crippen molar-refractivity contribution in [1.29, 1.82) is 0 Å². The summed E-state index contributed by atoms with van der Waals surface area (Å²) in [6, 6.07) is 3.89. The Balaban J connectivity index is 2.09. The summed E-state index contributed by atoms with van der Waals surface area (Å²) in [7, 11) is 0. The van der Waals surface area contributed by atoms with E-state index in [1.807, 2.05) is 29.1 Å². The van der Waals surface area contributed by atoms with E-state index >= 15 is 0 Å². The van der Waals surface area contributed by atoms with Gasteiger partial charge in [0.2, 0.25) is 11.8 Å². The van der Waals surface area contributed by atoms with Gasteiger partial charge in [0.25, 0.3) is 0 Å². The van der Waals surface area contributed by atoms with E-state index in [9.17, 15) is 9.59 Å². The molecule has 0 atom stereocenters. The molecule has 1 heterocycles. The van der Waals surface area contributed by atoms with Gasteiger partial charge in [0, 0.05) is 31.8 Å². The summed E-state index contributed by atoms with van der Waals surface area (Å²) in [4.78, 5) is 22.1. The summed E-state index contributed by atoms with van der Waals surface area (Å²) in [5.74, 6) is -0.340. The van der Waals surface area contributed by atoms with Crippen LogP contribution >= 0.6 is 0 Å². The first kappa shape index (κ1) is 12.3. The first-order valence-corrected chi connectivity index (χ1v) is 5.41. The predicted molar refractivity (Wildman–Crippen MR) is 60.2 cm³/mol. The molecular weight excluding hydrogens is 206 g/mol. The van der Waals surface area contributed by atoms with Gasteiger partial charge in [-0.3, -0.25) is 20.4 Å². The van der Waals surface area contributed by atoms with E-state index < -0.39 is 0 Å².